The number of hydrogen-bond acceptors (Lipinski definition) is 2. The highest BCUT2D eigenvalue weighted by atomic mass is 79.9. The van der Waals surface area contributed by atoms with Gasteiger partial charge in [-0.15, -0.1) is 0 Å². The molecule has 0 amide bonds. The third-order valence-electron chi connectivity index (χ3n) is 2.39. The second-order valence-corrected chi connectivity index (χ2v) is 5.53. The average molecular weight is 330 g/mol. The molecular formula is C14H14BrClO2. The van der Waals surface area contributed by atoms with Crippen molar-refractivity contribution in [3.05, 3.63) is 52.9 Å². The summed E-state index contributed by atoms with van der Waals surface area (Å²) in [4.78, 5) is -0.00176. The van der Waals surface area contributed by atoms with Crippen molar-refractivity contribution >= 4 is 27.5 Å². The van der Waals surface area contributed by atoms with Crippen LogP contribution in [0.5, 0.6) is 5.75 Å². The summed E-state index contributed by atoms with van der Waals surface area (Å²) in [6.45, 7) is 4.01. The van der Waals surface area contributed by atoms with Crippen molar-refractivity contribution in [3.8, 4) is 5.75 Å². The van der Waals surface area contributed by atoms with Crippen LogP contribution in [0.4, 0.5) is 0 Å². The fourth-order valence-corrected chi connectivity index (χ4v) is 2.32. The van der Waals surface area contributed by atoms with Gasteiger partial charge in [0.05, 0.1) is 10.9 Å². The molecule has 1 aromatic heterocycles. The quantitative estimate of drug-likeness (QED) is 0.719. The van der Waals surface area contributed by atoms with Gasteiger partial charge in [-0.25, -0.2) is 0 Å². The Bertz CT molecular complexity index is 505. The molecule has 0 bridgehead atoms. The Hall–Kier alpha value is -0.930. The SMILES string of the molecule is CC(C)Oc1ccc(C(Br)c2ccc(Cl)o2)cc1. The number of rotatable bonds is 4. The molecule has 0 aliphatic heterocycles. The largest absolute Gasteiger partial charge is 0.491 e. The Morgan fingerprint density at radius 3 is 2.28 bits per heavy atom. The smallest absolute Gasteiger partial charge is 0.193 e. The number of alkyl halides is 1. The van der Waals surface area contributed by atoms with Crippen LogP contribution in [0.2, 0.25) is 5.22 Å². The third-order valence-corrected chi connectivity index (χ3v) is 3.57. The monoisotopic (exact) mass is 328 g/mol. The van der Waals surface area contributed by atoms with E-state index in [0.29, 0.717) is 5.22 Å². The molecule has 1 aromatic carbocycles. The van der Waals surface area contributed by atoms with E-state index in [0.717, 1.165) is 17.1 Å². The van der Waals surface area contributed by atoms with Gasteiger partial charge in [0, 0.05) is 0 Å². The van der Waals surface area contributed by atoms with Crippen molar-refractivity contribution in [2.45, 2.75) is 24.8 Å². The first kappa shape index (κ1) is 13.5. The lowest BCUT2D eigenvalue weighted by molar-refractivity contribution is 0.242. The van der Waals surface area contributed by atoms with E-state index in [1.807, 2.05) is 44.2 Å². The standard InChI is InChI=1S/C14H14BrClO2/c1-9(2)17-11-5-3-10(4-6-11)14(15)12-7-8-13(16)18-12/h3-9,14H,1-2H3. The Labute approximate surface area is 120 Å². The number of halogens is 2. The molecule has 0 aliphatic carbocycles. The Balaban J connectivity index is 2.14. The van der Waals surface area contributed by atoms with Crippen LogP contribution >= 0.6 is 27.5 Å². The fraction of sp³-hybridized carbons (Fsp3) is 0.286. The summed E-state index contributed by atoms with van der Waals surface area (Å²) in [6.07, 6.45) is 0.180. The minimum atomic E-state index is -0.00176. The first-order valence-electron chi connectivity index (χ1n) is 5.72. The van der Waals surface area contributed by atoms with Gasteiger partial charge in [-0.1, -0.05) is 28.1 Å². The maximum atomic E-state index is 5.77. The van der Waals surface area contributed by atoms with Crippen LogP contribution in [-0.2, 0) is 0 Å². The number of ether oxygens (including phenoxy) is 1. The van der Waals surface area contributed by atoms with E-state index in [2.05, 4.69) is 15.9 Å². The molecule has 0 fully saturated rings. The molecule has 0 spiro atoms. The van der Waals surface area contributed by atoms with Crippen LogP contribution in [-0.4, -0.2) is 6.10 Å². The molecule has 0 saturated heterocycles. The summed E-state index contributed by atoms with van der Waals surface area (Å²) >= 11 is 9.36. The molecular weight excluding hydrogens is 316 g/mol. The van der Waals surface area contributed by atoms with Crippen molar-refractivity contribution in [2.24, 2.45) is 0 Å². The van der Waals surface area contributed by atoms with Crippen molar-refractivity contribution in [1.29, 1.82) is 0 Å². The first-order valence-corrected chi connectivity index (χ1v) is 7.01. The zero-order valence-electron chi connectivity index (χ0n) is 10.2. The minimum Gasteiger partial charge on any atom is -0.491 e. The molecule has 18 heavy (non-hydrogen) atoms. The number of furan rings is 1. The molecule has 2 rings (SSSR count). The lowest BCUT2D eigenvalue weighted by Gasteiger charge is -2.11. The molecule has 1 heterocycles. The second kappa shape index (κ2) is 5.81. The molecule has 0 radical (unpaired) electrons. The molecule has 0 N–H and O–H groups in total. The molecule has 0 aliphatic rings. The summed E-state index contributed by atoms with van der Waals surface area (Å²) in [5, 5.41) is 0.397. The zero-order valence-corrected chi connectivity index (χ0v) is 12.5. The summed E-state index contributed by atoms with van der Waals surface area (Å²) in [6, 6.07) is 11.5. The summed E-state index contributed by atoms with van der Waals surface area (Å²) in [7, 11) is 0. The van der Waals surface area contributed by atoms with Crippen LogP contribution in [0.1, 0.15) is 30.0 Å². The number of benzene rings is 1. The molecule has 4 heteroatoms. The zero-order chi connectivity index (χ0) is 13.1. The normalized spacial score (nSPS) is 12.7. The molecule has 1 atom stereocenters. The Morgan fingerprint density at radius 1 is 1.11 bits per heavy atom. The van der Waals surface area contributed by atoms with Gasteiger partial charge >= 0.3 is 0 Å². The van der Waals surface area contributed by atoms with Gasteiger partial charge in [0.25, 0.3) is 0 Å². The Morgan fingerprint density at radius 2 is 1.78 bits per heavy atom. The fourth-order valence-electron chi connectivity index (χ4n) is 1.62. The van der Waals surface area contributed by atoms with Crippen LogP contribution in [0, 0.1) is 0 Å². The lowest BCUT2D eigenvalue weighted by atomic mass is 10.1. The molecule has 96 valence electrons. The predicted molar refractivity (Wildman–Crippen MR) is 76.7 cm³/mol. The predicted octanol–water partition coefficient (Wildman–Crippen LogP) is 5.20. The first-order chi connectivity index (χ1) is 8.56. The van der Waals surface area contributed by atoms with E-state index in [1.54, 1.807) is 6.07 Å². The van der Waals surface area contributed by atoms with Gasteiger partial charge in [0.1, 0.15) is 11.5 Å². The highest BCUT2D eigenvalue weighted by Crippen LogP contribution is 2.33. The summed E-state index contributed by atoms with van der Waals surface area (Å²) in [5.41, 5.74) is 1.09. The molecule has 2 nitrogen and oxygen atoms in total. The summed E-state index contributed by atoms with van der Waals surface area (Å²) < 4.78 is 11.0. The van der Waals surface area contributed by atoms with E-state index in [4.69, 9.17) is 20.8 Å². The highest BCUT2D eigenvalue weighted by Gasteiger charge is 2.14. The van der Waals surface area contributed by atoms with Gasteiger partial charge in [-0.2, -0.15) is 0 Å². The van der Waals surface area contributed by atoms with E-state index < -0.39 is 0 Å². The van der Waals surface area contributed by atoms with E-state index in [9.17, 15) is 0 Å². The van der Waals surface area contributed by atoms with Crippen molar-refractivity contribution < 1.29 is 9.15 Å². The third kappa shape index (κ3) is 3.30. The molecule has 2 aromatic rings. The van der Waals surface area contributed by atoms with Gasteiger partial charge in [-0.05, 0) is 55.3 Å². The topological polar surface area (TPSA) is 22.4 Å². The Kier molecular flexibility index (Phi) is 4.36. The van der Waals surface area contributed by atoms with Crippen LogP contribution < -0.4 is 4.74 Å². The molecule has 0 saturated carbocycles. The average Bonchev–Trinajstić information content (AvgIpc) is 2.75. The van der Waals surface area contributed by atoms with E-state index in [1.165, 1.54) is 0 Å². The summed E-state index contributed by atoms with van der Waals surface area (Å²) in [5.74, 6) is 1.66. The van der Waals surface area contributed by atoms with Crippen LogP contribution in [0.15, 0.2) is 40.8 Å². The van der Waals surface area contributed by atoms with Crippen LogP contribution in [0.25, 0.3) is 0 Å². The van der Waals surface area contributed by atoms with Crippen molar-refractivity contribution in [1.82, 2.24) is 0 Å². The number of hydrogen-bond donors (Lipinski definition) is 0. The highest BCUT2D eigenvalue weighted by molar-refractivity contribution is 9.09. The second-order valence-electron chi connectivity index (χ2n) is 4.24. The van der Waals surface area contributed by atoms with E-state index in [-0.39, 0.29) is 10.9 Å². The van der Waals surface area contributed by atoms with Gasteiger partial charge < -0.3 is 9.15 Å². The maximum Gasteiger partial charge on any atom is 0.193 e. The van der Waals surface area contributed by atoms with Crippen molar-refractivity contribution in [3.63, 3.8) is 0 Å². The lowest BCUT2D eigenvalue weighted by Crippen LogP contribution is -2.05. The van der Waals surface area contributed by atoms with Gasteiger partial charge in [0.15, 0.2) is 5.22 Å². The maximum absolute atomic E-state index is 5.77. The van der Waals surface area contributed by atoms with Gasteiger partial charge in [-0.3, -0.25) is 0 Å². The van der Waals surface area contributed by atoms with E-state index >= 15 is 0 Å². The van der Waals surface area contributed by atoms with Crippen LogP contribution in [0.3, 0.4) is 0 Å². The van der Waals surface area contributed by atoms with Crippen molar-refractivity contribution in [2.75, 3.05) is 0 Å². The molecule has 1 unspecified atom stereocenters. The van der Waals surface area contributed by atoms with Gasteiger partial charge in [0.2, 0.25) is 0 Å². The minimum absolute atomic E-state index is 0.00176.